The highest BCUT2D eigenvalue weighted by atomic mass is 19.1. The lowest BCUT2D eigenvalue weighted by molar-refractivity contribution is -0.134. The summed E-state index contributed by atoms with van der Waals surface area (Å²) >= 11 is 0. The molecule has 0 unspecified atom stereocenters. The number of hydrogen-bond donors (Lipinski definition) is 1. The van der Waals surface area contributed by atoms with Gasteiger partial charge in [-0.15, -0.1) is 0 Å². The molecule has 0 heterocycles. The van der Waals surface area contributed by atoms with Gasteiger partial charge in [-0.05, 0) is 42.0 Å². The Bertz CT molecular complexity index is 881. The van der Waals surface area contributed by atoms with Crippen molar-refractivity contribution in [3.63, 3.8) is 0 Å². The Morgan fingerprint density at radius 3 is 2.00 bits per heavy atom. The fourth-order valence-electron chi connectivity index (χ4n) is 2.49. The molecular formula is C21H17FN2O2. The molecule has 3 aromatic carbocycles. The average Bonchev–Trinajstić information content (AvgIpc) is 2.69. The van der Waals surface area contributed by atoms with Gasteiger partial charge in [0.25, 0.3) is 0 Å². The number of amides is 2. The van der Waals surface area contributed by atoms with Crippen LogP contribution in [0.25, 0.3) is 0 Å². The lowest BCUT2D eigenvalue weighted by Crippen LogP contribution is -2.39. The van der Waals surface area contributed by atoms with Gasteiger partial charge < -0.3 is 5.32 Å². The summed E-state index contributed by atoms with van der Waals surface area (Å²) in [5, 5.41) is 2.51. The highest BCUT2D eigenvalue weighted by molar-refractivity contribution is 6.44. The van der Waals surface area contributed by atoms with Crippen LogP contribution in [0.1, 0.15) is 5.56 Å². The van der Waals surface area contributed by atoms with Crippen molar-refractivity contribution in [3.8, 4) is 0 Å². The molecule has 0 bridgehead atoms. The van der Waals surface area contributed by atoms with Crippen LogP contribution in [0, 0.1) is 5.82 Å². The minimum Gasteiger partial charge on any atom is -0.318 e. The van der Waals surface area contributed by atoms with Crippen LogP contribution in [0.2, 0.25) is 0 Å². The van der Waals surface area contributed by atoms with Gasteiger partial charge in [0, 0.05) is 11.4 Å². The van der Waals surface area contributed by atoms with Gasteiger partial charge in [-0.3, -0.25) is 14.5 Å². The first-order valence-corrected chi connectivity index (χ1v) is 8.11. The number of anilines is 2. The van der Waals surface area contributed by atoms with Gasteiger partial charge in [-0.1, -0.05) is 48.5 Å². The van der Waals surface area contributed by atoms with Crippen LogP contribution in [-0.2, 0) is 16.1 Å². The largest absolute Gasteiger partial charge is 0.318 e. The average molecular weight is 348 g/mol. The molecular weight excluding hydrogens is 331 g/mol. The zero-order chi connectivity index (χ0) is 18.4. The first-order valence-electron chi connectivity index (χ1n) is 8.11. The first kappa shape index (κ1) is 17.4. The zero-order valence-electron chi connectivity index (χ0n) is 13.9. The summed E-state index contributed by atoms with van der Waals surface area (Å²) in [6, 6.07) is 23.7. The Morgan fingerprint density at radius 1 is 0.808 bits per heavy atom. The molecule has 26 heavy (non-hydrogen) atoms. The number of nitrogens with one attached hydrogen (secondary N) is 1. The Morgan fingerprint density at radius 2 is 1.38 bits per heavy atom. The van der Waals surface area contributed by atoms with E-state index in [2.05, 4.69) is 5.32 Å². The molecule has 0 fully saturated rings. The van der Waals surface area contributed by atoms with Gasteiger partial charge in [0.1, 0.15) is 5.82 Å². The van der Waals surface area contributed by atoms with Crippen LogP contribution < -0.4 is 10.2 Å². The molecule has 1 N–H and O–H groups in total. The molecule has 0 radical (unpaired) electrons. The summed E-state index contributed by atoms with van der Waals surface area (Å²) < 4.78 is 13.0. The smallest absolute Gasteiger partial charge is 0.316 e. The van der Waals surface area contributed by atoms with Gasteiger partial charge in [-0.25, -0.2) is 4.39 Å². The van der Waals surface area contributed by atoms with E-state index < -0.39 is 17.6 Å². The highest BCUT2D eigenvalue weighted by Gasteiger charge is 2.23. The van der Waals surface area contributed by atoms with E-state index >= 15 is 0 Å². The van der Waals surface area contributed by atoms with E-state index in [-0.39, 0.29) is 6.54 Å². The Kier molecular flexibility index (Phi) is 5.39. The summed E-state index contributed by atoms with van der Waals surface area (Å²) in [7, 11) is 0. The van der Waals surface area contributed by atoms with E-state index in [1.165, 1.54) is 29.2 Å². The number of para-hydroxylation sites is 1. The number of carbonyl (C=O) groups is 2. The van der Waals surface area contributed by atoms with Crippen LogP contribution in [-0.4, -0.2) is 11.8 Å². The van der Waals surface area contributed by atoms with E-state index in [9.17, 15) is 14.0 Å². The van der Waals surface area contributed by atoms with E-state index in [4.69, 9.17) is 0 Å². The van der Waals surface area contributed by atoms with Crippen molar-refractivity contribution in [1.82, 2.24) is 0 Å². The Labute approximate surface area is 150 Å². The summed E-state index contributed by atoms with van der Waals surface area (Å²) in [5.41, 5.74) is 1.88. The topological polar surface area (TPSA) is 49.4 Å². The standard InChI is InChI=1S/C21H17FN2O2/c22-17-11-13-18(14-12-17)23-20(25)21(26)24(19-9-5-2-6-10-19)15-16-7-3-1-4-8-16/h1-14H,15H2,(H,23,25). The minimum absolute atomic E-state index is 0.264. The molecule has 0 aromatic heterocycles. The van der Waals surface area contributed by atoms with Gasteiger partial charge in [0.15, 0.2) is 0 Å². The third-order valence-electron chi connectivity index (χ3n) is 3.79. The lowest BCUT2D eigenvalue weighted by atomic mass is 10.2. The number of carbonyl (C=O) groups excluding carboxylic acids is 2. The summed E-state index contributed by atoms with van der Waals surface area (Å²) in [4.78, 5) is 26.6. The summed E-state index contributed by atoms with van der Waals surface area (Å²) in [6.45, 7) is 0.264. The van der Waals surface area contributed by atoms with Crippen molar-refractivity contribution in [1.29, 1.82) is 0 Å². The number of nitrogens with zero attached hydrogens (tertiary/aromatic N) is 1. The molecule has 0 saturated carbocycles. The fourth-order valence-corrected chi connectivity index (χ4v) is 2.49. The van der Waals surface area contributed by atoms with Crippen LogP contribution in [0.5, 0.6) is 0 Å². The third-order valence-corrected chi connectivity index (χ3v) is 3.79. The minimum atomic E-state index is -0.781. The third kappa shape index (κ3) is 4.33. The molecule has 3 aromatic rings. The highest BCUT2D eigenvalue weighted by Crippen LogP contribution is 2.18. The van der Waals surface area contributed by atoms with Crippen molar-refractivity contribution in [3.05, 3.63) is 96.3 Å². The zero-order valence-corrected chi connectivity index (χ0v) is 13.9. The number of benzene rings is 3. The van der Waals surface area contributed by atoms with Crippen LogP contribution in [0.3, 0.4) is 0 Å². The quantitative estimate of drug-likeness (QED) is 0.725. The van der Waals surface area contributed by atoms with E-state index in [1.54, 1.807) is 24.3 Å². The molecule has 0 saturated heterocycles. The predicted molar refractivity (Wildman–Crippen MR) is 99.1 cm³/mol. The maximum Gasteiger partial charge on any atom is 0.316 e. The number of halogens is 1. The van der Waals surface area contributed by atoms with Gasteiger partial charge in [-0.2, -0.15) is 0 Å². The molecule has 0 spiro atoms. The first-order chi connectivity index (χ1) is 12.6. The summed E-state index contributed by atoms with van der Waals surface area (Å²) in [6.07, 6.45) is 0. The molecule has 0 aliphatic rings. The molecule has 0 aliphatic heterocycles. The molecule has 0 atom stereocenters. The summed E-state index contributed by atoms with van der Waals surface area (Å²) in [5.74, 6) is -1.88. The predicted octanol–water partition coefficient (Wildman–Crippen LogP) is 4.00. The van der Waals surface area contributed by atoms with Gasteiger partial charge in [0.05, 0.1) is 6.54 Å². The SMILES string of the molecule is O=C(Nc1ccc(F)cc1)C(=O)N(Cc1ccccc1)c1ccccc1. The molecule has 3 rings (SSSR count). The van der Waals surface area contributed by atoms with Crippen molar-refractivity contribution < 1.29 is 14.0 Å². The lowest BCUT2D eigenvalue weighted by Gasteiger charge is -2.22. The molecule has 5 heteroatoms. The second-order valence-corrected chi connectivity index (χ2v) is 5.67. The molecule has 4 nitrogen and oxygen atoms in total. The van der Waals surface area contributed by atoms with Crippen molar-refractivity contribution in [2.24, 2.45) is 0 Å². The monoisotopic (exact) mass is 348 g/mol. The fraction of sp³-hybridized carbons (Fsp3) is 0.0476. The van der Waals surface area contributed by atoms with Gasteiger partial charge >= 0.3 is 11.8 Å². The molecule has 0 aliphatic carbocycles. The van der Waals surface area contributed by atoms with Gasteiger partial charge in [0.2, 0.25) is 0 Å². The second kappa shape index (κ2) is 8.07. The number of rotatable bonds is 4. The second-order valence-electron chi connectivity index (χ2n) is 5.67. The van der Waals surface area contributed by atoms with Crippen molar-refractivity contribution >= 4 is 23.2 Å². The van der Waals surface area contributed by atoms with Crippen LogP contribution in [0.4, 0.5) is 15.8 Å². The molecule has 130 valence electrons. The number of hydrogen-bond acceptors (Lipinski definition) is 2. The molecule has 2 amide bonds. The van der Waals surface area contributed by atoms with E-state index in [1.807, 2.05) is 36.4 Å². The Hall–Kier alpha value is -3.47. The Balaban J connectivity index is 1.82. The van der Waals surface area contributed by atoms with Crippen molar-refractivity contribution in [2.75, 3.05) is 10.2 Å². The maximum absolute atomic E-state index is 13.0. The van der Waals surface area contributed by atoms with E-state index in [0.29, 0.717) is 11.4 Å². The van der Waals surface area contributed by atoms with Crippen LogP contribution in [0.15, 0.2) is 84.9 Å². The van der Waals surface area contributed by atoms with E-state index in [0.717, 1.165) is 5.56 Å². The maximum atomic E-state index is 13.0. The normalized spacial score (nSPS) is 10.2. The van der Waals surface area contributed by atoms with Crippen molar-refractivity contribution in [2.45, 2.75) is 6.54 Å². The van der Waals surface area contributed by atoms with Crippen LogP contribution >= 0.6 is 0 Å².